The molecule has 1 heterocycles. The van der Waals surface area contributed by atoms with E-state index in [0.717, 1.165) is 13.0 Å². The molecule has 1 atom stereocenters. The second-order valence-corrected chi connectivity index (χ2v) is 5.83. The van der Waals surface area contributed by atoms with Gasteiger partial charge in [-0.15, -0.1) is 0 Å². The fourth-order valence-electron chi connectivity index (χ4n) is 1.26. The third-order valence-electron chi connectivity index (χ3n) is 2.06. The van der Waals surface area contributed by atoms with Crippen molar-refractivity contribution in [3.8, 4) is 0 Å². The van der Waals surface area contributed by atoms with Crippen LogP contribution in [0.15, 0.2) is 11.5 Å². The Labute approximate surface area is 80.1 Å². The van der Waals surface area contributed by atoms with Crippen LogP contribution in [0.4, 0.5) is 0 Å². The van der Waals surface area contributed by atoms with Gasteiger partial charge in [0.2, 0.25) is 0 Å². The first kappa shape index (κ1) is 10.7. The summed E-state index contributed by atoms with van der Waals surface area (Å²) >= 11 is 0. The lowest BCUT2D eigenvalue weighted by atomic mass is 10.1. The largest absolute Gasteiger partial charge is 0.310 e. The summed E-state index contributed by atoms with van der Waals surface area (Å²) in [6.07, 6.45) is 2.82. The molecule has 0 saturated heterocycles. The van der Waals surface area contributed by atoms with E-state index in [9.17, 15) is 8.42 Å². The highest BCUT2D eigenvalue weighted by Crippen LogP contribution is 2.08. The van der Waals surface area contributed by atoms with Crippen LogP contribution in [0.25, 0.3) is 0 Å². The second-order valence-electron chi connectivity index (χ2n) is 3.90. The van der Waals surface area contributed by atoms with Crippen LogP contribution < -0.4 is 5.32 Å². The van der Waals surface area contributed by atoms with Crippen molar-refractivity contribution in [3.05, 3.63) is 11.5 Å². The van der Waals surface area contributed by atoms with Crippen molar-refractivity contribution in [2.75, 3.05) is 12.3 Å². The monoisotopic (exact) mass is 203 g/mol. The van der Waals surface area contributed by atoms with Crippen molar-refractivity contribution in [3.63, 3.8) is 0 Å². The van der Waals surface area contributed by atoms with Gasteiger partial charge in [0.25, 0.3) is 0 Å². The van der Waals surface area contributed by atoms with Crippen molar-refractivity contribution in [2.45, 2.75) is 26.3 Å². The Hall–Kier alpha value is -0.350. The summed E-state index contributed by atoms with van der Waals surface area (Å²) in [4.78, 5) is 0. The average Bonchev–Trinajstić information content (AvgIpc) is 2.29. The Balaban J connectivity index is 2.23. The molecule has 1 rings (SSSR count). The van der Waals surface area contributed by atoms with Crippen LogP contribution in [0.2, 0.25) is 0 Å². The molecule has 0 saturated carbocycles. The van der Waals surface area contributed by atoms with Gasteiger partial charge in [0.05, 0.1) is 5.75 Å². The number of hydrogen-bond acceptors (Lipinski definition) is 3. The molecular formula is C9H17NO2S. The van der Waals surface area contributed by atoms with E-state index in [1.165, 1.54) is 5.41 Å². The van der Waals surface area contributed by atoms with Crippen LogP contribution in [-0.2, 0) is 9.84 Å². The summed E-state index contributed by atoms with van der Waals surface area (Å²) in [6, 6.07) is 0.0312. The Kier molecular flexibility index (Phi) is 3.50. The van der Waals surface area contributed by atoms with Crippen LogP contribution in [-0.4, -0.2) is 26.8 Å². The summed E-state index contributed by atoms with van der Waals surface area (Å²) in [5.41, 5.74) is 0. The molecule has 3 nitrogen and oxygen atoms in total. The zero-order chi connectivity index (χ0) is 9.90. The maximum atomic E-state index is 11.0. The molecular weight excluding hydrogens is 186 g/mol. The average molecular weight is 203 g/mol. The van der Waals surface area contributed by atoms with Crippen LogP contribution in [0.3, 0.4) is 0 Å². The molecule has 0 aliphatic carbocycles. The Morgan fingerprint density at radius 3 is 2.69 bits per heavy atom. The van der Waals surface area contributed by atoms with E-state index in [4.69, 9.17) is 0 Å². The van der Waals surface area contributed by atoms with E-state index in [0.29, 0.717) is 5.92 Å². The van der Waals surface area contributed by atoms with Gasteiger partial charge in [0.1, 0.15) is 0 Å². The normalized spacial score (nSPS) is 25.6. The fraction of sp³-hybridized carbons (Fsp3) is 0.778. The van der Waals surface area contributed by atoms with E-state index in [2.05, 4.69) is 19.2 Å². The SMILES string of the molecule is CC(C)CCNC1C=CS(=O)(=O)C1. The quantitative estimate of drug-likeness (QED) is 0.739. The van der Waals surface area contributed by atoms with Crippen LogP contribution in [0, 0.1) is 5.92 Å². The van der Waals surface area contributed by atoms with E-state index in [-0.39, 0.29) is 11.8 Å². The molecule has 0 spiro atoms. The maximum absolute atomic E-state index is 11.0. The van der Waals surface area contributed by atoms with E-state index in [1.807, 2.05) is 0 Å². The van der Waals surface area contributed by atoms with Gasteiger partial charge in [0, 0.05) is 11.4 Å². The molecule has 4 heteroatoms. The molecule has 0 fully saturated rings. The molecule has 13 heavy (non-hydrogen) atoms. The summed E-state index contributed by atoms with van der Waals surface area (Å²) in [5.74, 6) is 0.889. The summed E-state index contributed by atoms with van der Waals surface area (Å²) in [6.45, 7) is 5.20. The molecule has 0 aromatic carbocycles. The number of nitrogens with one attached hydrogen (secondary N) is 1. The predicted octanol–water partition coefficient (Wildman–Crippen LogP) is 0.933. The minimum Gasteiger partial charge on any atom is -0.310 e. The fourth-order valence-corrected chi connectivity index (χ4v) is 2.53. The second kappa shape index (κ2) is 4.24. The summed E-state index contributed by atoms with van der Waals surface area (Å²) in [5, 5.41) is 4.51. The molecule has 1 unspecified atom stereocenters. The van der Waals surface area contributed by atoms with E-state index < -0.39 is 9.84 Å². The smallest absolute Gasteiger partial charge is 0.173 e. The topological polar surface area (TPSA) is 46.2 Å². The van der Waals surface area contributed by atoms with Gasteiger partial charge >= 0.3 is 0 Å². The first-order valence-corrected chi connectivity index (χ1v) is 6.35. The highest BCUT2D eigenvalue weighted by molar-refractivity contribution is 7.94. The molecule has 0 aromatic rings. The molecule has 1 N–H and O–H groups in total. The molecule has 76 valence electrons. The third-order valence-corrected chi connectivity index (χ3v) is 3.45. The van der Waals surface area contributed by atoms with Crippen LogP contribution in [0.1, 0.15) is 20.3 Å². The van der Waals surface area contributed by atoms with E-state index in [1.54, 1.807) is 6.08 Å². The van der Waals surface area contributed by atoms with Gasteiger partial charge in [-0.3, -0.25) is 0 Å². The van der Waals surface area contributed by atoms with Crippen molar-refractivity contribution in [1.82, 2.24) is 5.32 Å². The number of rotatable bonds is 4. The van der Waals surface area contributed by atoms with Gasteiger partial charge in [-0.05, 0) is 18.9 Å². The zero-order valence-corrected chi connectivity index (χ0v) is 8.97. The lowest BCUT2D eigenvalue weighted by Gasteiger charge is -2.10. The van der Waals surface area contributed by atoms with E-state index >= 15 is 0 Å². The van der Waals surface area contributed by atoms with Crippen LogP contribution in [0.5, 0.6) is 0 Å². The molecule has 0 radical (unpaired) electrons. The van der Waals surface area contributed by atoms with Crippen molar-refractivity contribution in [2.24, 2.45) is 5.92 Å². The zero-order valence-electron chi connectivity index (χ0n) is 8.16. The Morgan fingerprint density at radius 2 is 2.23 bits per heavy atom. The molecule has 0 bridgehead atoms. The standard InChI is InChI=1S/C9H17NO2S/c1-8(2)3-5-10-9-4-6-13(11,12)7-9/h4,6,8-10H,3,5,7H2,1-2H3. The van der Waals surface area contributed by atoms with Crippen molar-refractivity contribution in [1.29, 1.82) is 0 Å². The minimum absolute atomic E-state index is 0.0312. The highest BCUT2D eigenvalue weighted by Gasteiger charge is 2.20. The predicted molar refractivity (Wildman–Crippen MR) is 54.2 cm³/mol. The van der Waals surface area contributed by atoms with Gasteiger partial charge in [-0.25, -0.2) is 8.42 Å². The molecule has 1 aliphatic heterocycles. The van der Waals surface area contributed by atoms with Gasteiger partial charge in [-0.1, -0.05) is 19.9 Å². The first-order chi connectivity index (χ1) is 5.99. The Morgan fingerprint density at radius 1 is 1.54 bits per heavy atom. The summed E-state index contributed by atoms with van der Waals surface area (Å²) in [7, 11) is -2.89. The summed E-state index contributed by atoms with van der Waals surface area (Å²) < 4.78 is 22.0. The lowest BCUT2D eigenvalue weighted by molar-refractivity contribution is 0.521. The van der Waals surface area contributed by atoms with Gasteiger partial charge in [0.15, 0.2) is 9.84 Å². The molecule has 1 aliphatic rings. The lowest BCUT2D eigenvalue weighted by Crippen LogP contribution is -2.31. The van der Waals surface area contributed by atoms with Crippen molar-refractivity contribution < 1.29 is 8.42 Å². The maximum Gasteiger partial charge on any atom is 0.173 e. The van der Waals surface area contributed by atoms with Crippen LogP contribution >= 0.6 is 0 Å². The first-order valence-electron chi connectivity index (χ1n) is 4.64. The third kappa shape index (κ3) is 3.91. The van der Waals surface area contributed by atoms with Gasteiger partial charge in [-0.2, -0.15) is 0 Å². The molecule has 0 aromatic heterocycles. The molecule has 0 amide bonds. The number of sulfone groups is 1. The minimum atomic E-state index is -2.89. The van der Waals surface area contributed by atoms with Gasteiger partial charge < -0.3 is 5.32 Å². The van der Waals surface area contributed by atoms with Crippen molar-refractivity contribution >= 4 is 9.84 Å². The highest BCUT2D eigenvalue weighted by atomic mass is 32.2. The Bertz CT molecular complexity index is 280. The number of hydrogen-bond donors (Lipinski definition) is 1.